The molecular formula is C16H21NO3S. The van der Waals surface area contributed by atoms with Gasteiger partial charge in [0.05, 0.1) is 0 Å². The molecule has 1 aromatic carbocycles. The van der Waals surface area contributed by atoms with Gasteiger partial charge in [-0.05, 0) is 23.1 Å². The normalized spacial score (nSPS) is 20.9. The lowest BCUT2D eigenvalue weighted by Crippen LogP contribution is -2.33. The molecule has 2 heterocycles. The fraction of sp³-hybridized carbons (Fsp3) is 0.562. The molecular weight excluding hydrogens is 286 g/mol. The Morgan fingerprint density at radius 3 is 2.86 bits per heavy atom. The summed E-state index contributed by atoms with van der Waals surface area (Å²) in [5.74, 6) is 2.78. The molecule has 1 unspecified atom stereocenters. The minimum Gasteiger partial charge on any atom is -0.454 e. The molecule has 0 spiro atoms. The monoisotopic (exact) mass is 307 g/mol. The largest absolute Gasteiger partial charge is 0.454 e. The minimum atomic E-state index is 0.0176. The van der Waals surface area contributed by atoms with Crippen molar-refractivity contribution in [3.63, 3.8) is 0 Å². The molecule has 1 atom stereocenters. The molecule has 0 bridgehead atoms. The first kappa shape index (κ1) is 14.6. The molecule has 2 aliphatic heterocycles. The highest BCUT2D eigenvalue weighted by atomic mass is 32.2. The van der Waals surface area contributed by atoms with E-state index in [4.69, 9.17) is 9.47 Å². The molecule has 5 heteroatoms. The first-order valence-electron chi connectivity index (χ1n) is 7.25. The summed E-state index contributed by atoms with van der Waals surface area (Å²) in [6, 6.07) is 5.97. The van der Waals surface area contributed by atoms with E-state index in [-0.39, 0.29) is 23.5 Å². The Hall–Kier alpha value is -1.36. The molecule has 1 aromatic rings. The second-order valence-corrected chi connectivity index (χ2v) is 7.85. The fourth-order valence-corrected chi connectivity index (χ4v) is 3.89. The Morgan fingerprint density at radius 1 is 1.33 bits per heavy atom. The van der Waals surface area contributed by atoms with Crippen LogP contribution in [0.1, 0.15) is 38.1 Å². The number of thioether (sulfide) groups is 1. The molecule has 3 rings (SSSR count). The van der Waals surface area contributed by atoms with Crippen molar-refractivity contribution in [1.82, 2.24) is 4.90 Å². The second kappa shape index (κ2) is 5.44. The Morgan fingerprint density at radius 2 is 2.10 bits per heavy atom. The van der Waals surface area contributed by atoms with Crippen LogP contribution in [0.5, 0.6) is 11.5 Å². The lowest BCUT2D eigenvalue weighted by molar-refractivity contribution is -0.133. The zero-order valence-electron chi connectivity index (χ0n) is 12.7. The van der Waals surface area contributed by atoms with Crippen LogP contribution in [0.3, 0.4) is 0 Å². The van der Waals surface area contributed by atoms with Crippen molar-refractivity contribution < 1.29 is 14.3 Å². The molecule has 1 saturated heterocycles. The molecule has 0 saturated carbocycles. The van der Waals surface area contributed by atoms with Crippen LogP contribution in [-0.4, -0.2) is 29.9 Å². The maximum Gasteiger partial charge on any atom is 0.231 e. The number of benzene rings is 1. The number of rotatable bonds is 2. The number of hydrogen-bond acceptors (Lipinski definition) is 4. The molecule has 2 aliphatic rings. The van der Waals surface area contributed by atoms with Gasteiger partial charge >= 0.3 is 0 Å². The summed E-state index contributed by atoms with van der Waals surface area (Å²) in [6.07, 6.45) is 0.578. The summed E-state index contributed by atoms with van der Waals surface area (Å²) in [5, 5.41) is 0.0920. The number of carbonyl (C=O) groups excluding carboxylic acids is 1. The van der Waals surface area contributed by atoms with E-state index in [1.807, 2.05) is 34.9 Å². The first-order chi connectivity index (χ1) is 9.94. The van der Waals surface area contributed by atoms with Gasteiger partial charge in [0.2, 0.25) is 12.7 Å². The smallest absolute Gasteiger partial charge is 0.231 e. The van der Waals surface area contributed by atoms with Gasteiger partial charge in [-0.15, -0.1) is 11.8 Å². The van der Waals surface area contributed by atoms with Gasteiger partial charge in [0.25, 0.3) is 0 Å². The maximum absolute atomic E-state index is 12.5. The molecule has 4 nitrogen and oxygen atoms in total. The van der Waals surface area contributed by atoms with Crippen LogP contribution in [0.25, 0.3) is 0 Å². The number of ether oxygens (including phenoxy) is 2. The molecule has 0 aromatic heterocycles. The van der Waals surface area contributed by atoms with E-state index in [9.17, 15) is 4.79 Å². The molecule has 1 amide bonds. The van der Waals surface area contributed by atoms with E-state index in [0.717, 1.165) is 29.4 Å². The van der Waals surface area contributed by atoms with Crippen LogP contribution in [0.15, 0.2) is 18.2 Å². The Balaban J connectivity index is 1.79. The predicted molar refractivity (Wildman–Crippen MR) is 83.5 cm³/mol. The van der Waals surface area contributed by atoms with Crippen LogP contribution in [0.2, 0.25) is 0 Å². The lowest BCUT2D eigenvalue weighted by atomic mass is 9.91. The summed E-state index contributed by atoms with van der Waals surface area (Å²) >= 11 is 1.81. The van der Waals surface area contributed by atoms with E-state index in [1.165, 1.54) is 0 Å². The van der Waals surface area contributed by atoms with Crippen LogP contribution in [0.4, 0.5) is 0 Å². The summed E-state index contributed by atoms with van der Waals surface area (Å²) in [5.41, 5.74) is 1.13. The molecule has 0 radical (unpaired) electrons. The van der Waals surface area contributed by atoms with Gasteiger partial charge in [0, 0.05) is 18.7 Å². The average Bonchev–Trinajstić information content (AvgIpc) is 3.04. The lowest BCUT2D eigenvalue weighted by Gasteiger charge is -2.27. The Labute approximate surface area is 129 Å². The highest BCUT2D eigenvalue weighted by molar-refractivity contribution is 7.99. The number of amides is 1. The minimum absolute atomic E-state index is 0.0176. The zero-order valence-corrected chi connectivity index (χ0v) is 13.5. The number of carbonyl (C=O) groups is 1. The van der Waals surface area contributed by atoms with Crippen LogP contribution in [-0.2, 0) is 4.79 Å². The van der Waals surface area contributed by atoms with Gasteiger partial charge in [0.1, 0.15) is 5.37 Å². The van der Waals surface area contributed by atoms with Crippen molar-refractivity contribution in [3.8, 4) is 11.5 Å². The van der Waals surface area contributed by atoms with Gasteiger partial charge in [-0.2, -0.15) is 0 Å². The third-order valence-corrected chi connectivity index (χ3v) is 4.84. The molecule has 21 heavy (non-hydrogen) atoms. The van der Waals surface area contributed by atoms with Crippen molar-refractivity contribution in [1.29, 1.82) is 0 Å². The summed E-state index contributed by atoms with van der Waals surface area (Å²) < 4.78 is 10.8. The van der Waals surface area contributed by atoms with Gasteiger partial charge in [-0.3, -0.25) is 4.79 Å². The van der Waals surface area contributed by atoms with Crippen LogP contribution < -0.4 is 9.47 Å². The summed E-state index contributed by atoms with van der Waals surface area (Å²) in [6.45, 7) is 7.40. The Bertz CT molecular complexity index is 553. The summed E-state index contributed by atoms with van der Waals surface area (Å²) in [7, 11) is 0. The second-order valence-electron chi connectivity index (χ2n) is 6.66. The first-order valence-corrected chi connectivity index (χ1v) is 8.29. The van der Waals surface area contributed by atoms with E-state index in [1.54, 1.807) is 0 Å². The molecule has 0 aliphatic carbocycles. The number of nitrogens with zero attached hydrogens (tertiary/aromatic N) is 1. The van der Waals surface area contributed by atoms with E-state index < -0.39 is 0 Å². The quantitative estimate of drug-likeness (QED) is 0.839. The van der Waals surface area contributed by atoms with Crippen molar-refractivity contribution in [3.05, 3.63) is 23.8 Å². The van der Waals surface area contributed by atoms with Crippen molar-refractivity contribution in [2.45, 2.75) is 32.6 Å². The highest BCUT2D eigenvalue weighted by Gasteiger charge is 2.33. The predicted octanol–water partition coefficient (Wildman–Crippen LogP) is 3.43. The molecule has 0 N–H and O–H groups in total. The molecule has 1 fully saturated rings. The highest BCUT2D eigenvalue weighted by Crippen LogP contribution is 2.42. The van der Waals surface area contributed by atoms with Gasteiger partial charge in [-0.25, -0.2) is 0 Å². The zero-order chi connectivity index (χ0) is 15.0. The average molecular weight is 307 g/mol. The third kappa shape index (κ3) is 3.12. The standard InChI is InChI=1S/C16H21NO3S/c1-16(2,3)9-14(18)17-6-7-21-15(17)11-4-5-12-13(8-11)20-10-19-12/h4-5,8,15H,6-7,9-10H2,1-3H3. The number of fused-ring (bicyclic) bond motifs is 1. The van der Waals surface area contributed by atoms with Gasteiger partial charge in [-0.1, -0.05) is 26.8 Å². The van der Waals surface area contributed by atoms with Crippen molar-refractivity contribution >= 4 is 17.7 Å². The van der Waals surface area contributed by atoms with Gasteiger partial charge < -0.3 is 14.4 Å². The van der Waals surface area contributed by atoms with Crippen LogP contribution in [0, 0.1) is 5.41 Å². The fourth-order valence-electron chi connectivity index (χ4n) is 2.62. The summed E-state index contributed by atoms with van der Waals surface area (Å²) in [4.78, 5) is 14.5. The van der Waals surface area contributed by atoms with Crippen molar-refractivity contribution in [2.24, 2.45) is 5.41 Å². The van der Waals surface area contributed by atoms with E-state index in [2.05, 4.69) is 20.8 Å². The van der Waals surface area contributed by atoms with Crippen molar-refractivity contribution in [2.75, 3.05) is 19.1 Å². The van der Waals surface area contributed by atoms with E-state index >= 15 is 0 Å². The topological polar surface area (TPSA) is 38.8 Å². The van der Waals surface area contributed by atoms with E-state index in [0.29, 0.717) is 6.42 Å². The SMILES string of the molecule is CC(C)(C)CC(=O)N1CCSC1c1ccc2c(c1)OCO2. The number of hydrogen-bond donors (Lipinski definition) is 0. The van der Waals surface area contributed by atoms with Crippen LogP contribution >= 0.6 is 11.8 Å². The van der Waals surface area contributed by atoms with Gasteiger partial charge in [0.15, 0.2) is 11.5 Å². The molecule has 114 valence electrons. The Kier molecular flexibility index (Phi) is 3.78. The maximum atomic E-state index is 12.5. The third-order valence-electron chi connectivity index (χ3n) is 3.57.